The lowest BCUT2D eigenvalue weighted by atomic mass is 10.1. The summed E-state index contributed by atoms with van der Waals surface area (Å²) in [6.45, 7) is 5.18. The predicted octanol–water partition coefficient (Wildman–Crippen LogP) is 2.47. The number of rotatable bonds is 5. The number of amides is 1. The Balaban J connectivity index is 1.52. The lowest BCUT2D eigenvalue weighted by Crippen LogP contribution is -2.35. The molecule has 1 aliphatic heterocycles. The van der Waals surface area contributed by atoms with Crippen LogP contribution in [0.4, 0.5) is 5.82 Å². The smallest absolute Gasteiger partial charge is 0.222 e. The quantitative estimate of drug-likeness (QED) is 0.825. The van der Waals surface area contributed by atoms with Crippen molar-refractivity contribution >= 4 is 11.7 Å². The zero-order valence-electron chi connectivity index (χ0n) is 15.5. The summed E-state index contributed by atoms with van der Waals surface area (Å²) in [7, 11) is 1.66. The van der Waals surface area contributed by atoms with Gasteiger partial charge in [0.2, 0.25) is 5.91 Å². The Morgan fingerprint density at radius 1 is 1.12 bits per heavy atom. The van der Waals surface area contributed by atoms with E-state index in [9.17, 15) is 4.79 Å². The van der Waals surface area contributed by atoms with Crippen molar-refractivity contribution in [1.29, 1.82) is 0 Å². The fourth-order valence-electron chi connectivity index (χ4n) is 3.20. The molecule has 2 aromatic rings. The highest BCUT2D eigenvalue weighted by Crippen LogP contribution is 2.15. The summed E-state index contributed by atoms with van der Waals surface area (Å²) in [5, 5.41) is 0. The van der Waals surface area contributed by atoms with Crippen LogP contribution in [0.3, 0.4) is 0 Å². The van der Waals surface area contributed by atoms with E-state index < -0.39 is 0 Å². The van der Waals surface area contributed by atoms with Crippen LogP contribution in [-0.2, 0) is 11.2 Å². The van der Waals surface area contributed by atoms with Crippen molar-refractivity contribution in [2.45, 2.75) is 26.2 Å². The first-order chi connectivity index (χ1) is 12.7. The number of hydrogen-bond acceptors (Lipinski definition) is 5. The van der Waals surface area contributed by atoms with Crippen molar-refractivity contribution < 1.29 is 9.53 Å². The van der Waals surface area contributed by atoms with Gasteiger partial charge in [0.05, 0.1) is 19.0 Å². The van der Waals surface area contributed by atoms with E-state index >= 15 is 0 Å². The van der Waals surface area contributed by atoms with Crippen molar-refractivity contribution in [3.8, 4) is 5.75 Å². The van der Waals surface area contributed by atoms with Gasteiger partial charge in [-0.1, -0.05) is 12.1 Å². The van der Waals surface area contributed by atoms with Crippen LogP contribution >= 0.6 is 0 Å². The monoisotopic (exact) mass is 354 g/mol. The summed E-state index contributed by atoms with van der Waals surface area (Å²) < 4.78 is 5.17. The van der Waals surface area contributed by atoms with Gasteiger partial charge in [-0.25, -0.2) is 4.98 Å². The van der Waals surface area contributed by atoms with Gasteiger partial charge in [0.25, 0.3) is 0 Å². The Bertz CT molecular complexity index is 733. The molecule has 1 saturated heterocycles. The fraction of sp³-hybridized carbons (Fsp3) is 0.450. The zero-order valence-corrected chi connectivity index (χ0v) is 15.5. The normalized spacial score (nSPS) is 14.8. The maximum Gasteiger partial charge on any atom is 0.222 e. The Morgan fingerprint density at radius 3 is 2.65 bits per heavy atom. The summed E-state index contributed by atoms with van der Waals surface area (Å²) in [6, 6.07) is 7.92. The zero-order chi connectivity index (χ0) is 18.4. The average Bonchev–Trinajstić information content (AvgIpc) is 2.93. The van der Waals surface area contributed by atoms with Gasteiger partial charge >= 0.3 is 0 Å². The fourth-order valence-corrected chi connectivity index (χ4v) is 3.20. The van der Waals surface area contributed by atoms with Gasteiger partial charge in [-0.15, -0.1) is 0 Å². The molecule has 0 radical (unpaired) electrons. The van der Waals surface area contributed by atoms with Crippen molar-refractivity contribution in [3.63, 3.8) is 0 Å². The number of carbonyl (C=O) groups is 1. The van der Waals surface area contributed by atoms with Crippen molar-refractivity contribution in [2.75, 3.05) is 38.2 Å². The van der Waals surface area contributed by atoms with Crippen LogP contribution in [0, 0.1) is 6.92 Å². The van der Waals surface area contributed by atoms with Gasteiger partial charge < -0.3 is 14.5 Å². The molecule has 1 aliphatic rings. The van der Waals surface area contributed by atoms with E-state index in [-0.39, 0.29) is 5.91 Å². The Hall–Kier alpha value is -2.63. The van der Waals surface area contributed by atoms with E-state index in [1.54, 1.807) is 19.5 Å². The minimum atomic E-state index is 0.220. The molecule has 1 aromatic heterocycles. The average molecular weight is 354 g/mol. The van der Waals surface area contributed by atoms with E-state index in [1.807, 2.05) is 36.1 Å². The first kappa shape index (κ1) is 18.2. The number of hydrogen-bond donors (Lipinski definition) is 0. The molecule has 0 spiro atoms. The second-order valence-electron chi connectivity index (χ2n) is 6.59. The molecule has 3 rings (SSSR count). The molecule has 6 nitrogen and oxygen atoms in total. The standard InChI is InChI=1S/C20H26N4O2/c1-16-14-21-15-19(22-16)23-10-3-11-24(13-12-23)20(25)9-6-17-4-7-18(26-2)8-5-17/h4-5,7-8,14-15H,3,6,9-13H2,1-2H3. The molecule has 1 aromatic carbocycles. The molecule has 138 valence electrons. The second kappa shape index (κ2) is 8.65. The van der Waals surface area contributed by atoms with Gasteiger partial charge in [0.15, 0.2) is 0 Å². The highest BCUT2D eigenvalue weighted by molar-refractivity contribution is 5.76. The van der Waals surface area contributed by atoms with E-state index in [4.69, 9.17) is 4.74 Å². The first-order valence-electron chi connectivity index (χ1n) is 9.10. The third-order valence-corrected chi connectivity index (χ3v) is 4.70. The highest BCUT2D eigenvalue weighted by Gasteiger charge is 2.20. The summed E-state index contributed by atoms with van der Waals surface area (Å²) in [4.78, 5) is 25.6. The van der Waals surface area contributed by atoms with Crippen molar-refractivity contribution in [1.82, 2.24) is 14.9 Å². The number of ether oxygens (including phenoxy) is 1. The lowest BCUT2D eigenvalue weighted by molar-refractivity contribution is -0.130. The third kappa shape index (κ3) is 4.71. The molecule has 26 heavy (non-hydrogen) atoms. The van der Waals surface area contributed by atoms with Gasteiger partial charge in [-0.05, 0) is 37.5 Å². The summed E-state index contributed by atoms with van der Waals surface area (Å²) in [5.74, 6) is 1.96. The maximum absolute atomic E-state index is 12.6. The molecule has 0 N–H and O–H groups in total. The lowest BCUT2D eigenvalue weighted by Gasteiger charge is -2.23. The van der Waals surface area contributed by atoms with E-state index in [0.717, 1.165) is 61.8 Å². The molecule has 0 atom stereocenters. The minimum Gasteiger partial charge on any atom is -0.497 e. The van der Waals surface area contributed by atoms with Crippen molar-refractivity contribution in [2.24, 2.45) is 0 Å². The minimum absolute atomic E-state index is 0.220. The van der Waals surface area contributed by atoms with Crippen LogP contribution in [0.25, 0.3) is 0 Å². The van der Waals surface area contributed by atoms with Gasteiger partial charge in [-0.2, -0.15) is 0 Å². The van der Waals surface area contributed by atoms with Crippen LogP contribution in [0.2, 0.25) is 0 Å². The first-order valence-corrected chi connectivity index (χ1v) is 9.10. The Labute approximate surface area is 154 Å². The van der Waals surface area contributed by atoms with Crippen LogP contribution in [-0.4, -0.2) is 54.1 Å². The number of aryl methyl sites for hydroxylation is 2. The topological polar surface area (TPSA) is 58.6 Å². The molecule has 2 heterocycles. The number of benzene rings is 1. The highest BCUT2D eigenvalue weighted by atomic mass is 16.5. The van der Waals surface area contributed by atoms with Gasteiger partial charge in [0.1, 0.15) is 11.6 Å². The number of methoxy groups -OCH3 is 1. The number of aromatic nitrogens is 2. The molecular weight excluding hydrogens is 328 g/mol. The Morgan fingerprint density at radius 2 is 1.92 bits per heavy atom. The molecule has 0 saturated carbocycles. The van der Waals surface area contributed by atoms with E-state index in [0.29, 0.717) is 6.42 Å². The summed E-state index contributed by atoms with van der Waals surface area (Å²) >= 11 is 0. The van der Waals surface area contributed by atoms with E-state index in [2.05, 4.69) is 14.9 Å². The molecular formula is C20H26N4O2. The molecule has 6 heteroatoms. The van der Waals surface area contributed by atoms with Crippen LogP contribution in [0.5, 0.6) is 5.75 Å². The molecule has 0 unspecified atom stereocenters. The largest absolute Gasteiger partial charge is 0.497 e. The number of anilines is 1. The number of carbonyl (C=O) groups excluding carboxylic acids is 1. The Kier molecular flexibility index (Phi) is 6.04. The molecule has 1 amide bonds. The van der Waals surface area contributed by atoms with Crippen LogP contribution in [0.1, 0.15) is 24.1 Å². The van der Waals surface area contributed by atoms with Crippen molar-refractivity contribution in [3.05, 3.63) is 47.9 Å². The third-order valence-electron chi connectivity index (χ3n) is 4.70. The predicted molar refractivity (Wildman–Crippen MR) is 101 cm³/mol. The summed E-state index contributed by atoms with van der Waals surface area (Å²) in [6.07, 6.45) is 5.80. The maximum atomic E-state index is 12.6. The molecule has 0 bridgehead atoms. The number of nitrogens with zero attached hydrogens (tertiary/aromatic N) is 4. The second-order valence-corrected chi connectivity index (χ2v) is 6.59. The SMILES string of the molecule is COc1ccc(CCC(=O)N2CCCN(c3cncc(C)n3)CC2)cc1. The van der Waals surface area contributed by atoms with Gasteiger partial charge in [-0.3, -0.25) is 9.78 Å². The summed E-state index contributed by atoms with van der Waals surface area (Å²) in [5.41, 5.74) is 2.07. The van der Waals surface area contributed by atoms with Crippen LogP contribution in [0.15, 0.2) is 36.7 Å². The van der Waals surface area contributed by atoms with Gasteiger partial charge in [0, 0.05) is 38.8 Å². The van der Waals surface area contributed by atoms with E-state index in [1.165, 1.54) is 0 Å². The molecule has 0 aliphatic carbocycles. The van der Waals surface area contributed by atoms with Crippen LogP contribution < -0.4 is 9.64 Å². The molecule has 1 fully saturated rings.